The van der Waals surface area contributed by atoms with Crippen LogP contribution in [-0.4, -0.2) is 22.8 Å². The lowest BCUT2D eigenvalue weighted by Crippen LogP contribution is -2.25. The predicted octanol–water partition coefficient (Wildman–Crippen LogP) is 3.93. The summed E-state index contributed by atoms with van der Waals surface area (Å²) in [5.74, 6) is -1.19. The Morgan fingerprint density at radius 2 is 2.30 bits per heavy atom. The molecule has 1 aromatic rings. The minimum Gasteiger partial charge on any atom is -0.481 e. The Morgan fingerprint density at radius 1 is 1.55 bits per heavy atom. The minimum absolute atomic E-state index is 0.0466. The average molecular weight is 297 g/mol. The molecule has 4 heteroatoms. The zero-order chi connectivity index (χ0) is 14.8. The van der Waals surface area contributed by atoms with Crippen molar-refractivity contribution in [3.63, 3.8) is 0 Å². The summed E-state index contributed by atoms with van der Waals surface area (Å²) in [6.45, 7) is 4.11. The molecule has 1 N–H and O–H groups in total. The van der Waals surface area contributed by atoms with Gasteiger partial charge in [-0.3, -0.25) is 4.79 Å². The molecule has 0 aliphatic carbocycles. The molecule has 20 heavy (non-hydrogen) atoms. The molecule has 1 aliphatic heterocycles. The molecule has 1 heterocycles. The van der Waals surface area contributed by atoms with E-state index in [1.807, 2.05) is 18.2 Å². The molecular weight excluding hydrogens is 276 g/mol. The molecule has 0 radical (unpaired) electrons. The van der Waals surface area contributed by atoms with Gasteiger partial charge >= 0.3 is 5.97 Å². The molecule has 1 fully saturated rings. The van der Waals surface area contributed by atoms with Crippen LogP contribution in [0.15, 0.2) is 24.3 Å². The van der Waals surface area contributed by atoms with E-state index >= 15 is 0 Å². The van der Waals surface area contributed by atoms with Crippen LogP contribution in [0.5, 0.6) is 0 Å². The van der Waals surface area contributed by atoms with Gasteiger partial charge in [-0.2, -0.15) is 0 Å². The number of carbonyl (C=O) groups is 1. The van der Waals surface area contributed by atoms with E-state index in [1.54, 1.807) is 6.07 Å². The number of carboxylic acid groups (broad SMARTS) is 1. The van der Waals surface area contributed by atoms with E-state index in [4.69, 9.17) is 16.3 Å². The first kappa shape index (κ1) is 15.3. The van der Waals surface area contributed by atoms with Crippen molar-refractivity contribution in [2.45, 2.75) is 51.2 Å². The predicted molar refractivity (Wildman–Crippen MR) is 79.1 cm³/mol. The molecule has 2 atom stereocenters. The first-order valence-electron chi connectivity index (χ1n) is 7.01. The number of ether oxygens (including phenoxy) is 1. The van der Waals surface area contributed by atoms with Gasteiger partial charge in [0.05, 0.1) is 17.6 Å². The van der Waals surface area contributed by atoms with Crippen molar-refractivity contribution in [1.29, 1.82) is 0 Å². The largest absolute Gasteiger partial charge is 0.481 e. The zero-order valence-electron chi connectivity index (χ0n) is 11.9. The van der Waals surface area contributed by atoms with E-state index in [0.717, 1.165) is 18.4 Å². The van der Waals surface area contributed by atoms with Crippen LogP contribution in [0.1, 0.15) is 38.7 Å². The second-order valence-corrected chi connectivity index (χ2v) is 6.58. The standard InChI is InChI=1S/C16H21ClO3/c1-16(2)7-6-14(20-16)10-12(15(18)19)8-11-4-3-5-13(17)9-11/h3-5,9,12,14H,6-8,10H2,1-2H3,(H,18,19). The van der Waals surface area contributed by atoms with Crippen molar-refractivity contribution < 1.29 is 14.6 Å². The van der Waals surface area contributed by atoms with Crippen LogP contribution < -0.4 is 0 Å². The summed E-state index contributed by atoms with van der Waals surface area (Å²) in [5, 5.41) is 10.0. The third-order valence-electron chi connectivity index (χ3n) is 3.82. The van der Waals surface area contributed by atoms with Crippen molar-refractivity contribution in [3.8, 4) is 0 Å². The maximum Gasteiger partial charge on any atom is 0.306 e. The van der Waals surface area contributed by atoms with E-state index in [0.29, 0.717) is 17.9 Å². The number of halogens is 1. The van der Waals surface area contributed by atoms with Gasteiger partial charge in [0, 0.05) is 5.02 Å². The van der Waals surface area contributed by atoms with Gasteiger partial charge in [-0.1, -0.05) is 23.7 Å². The van der Waals surface area contributed by atoms with Gasteiger partial charge in [0.15, 0.2) is 0 Å². The lowest BCUT2D eigenvalue weighted by Gasteiger charge is -2.21. The molecule has 0 amide bonds. The molecule has 1 aromatic carbocycles. The maximum absolute atomic E-state index is 11.4. The number of benzene rings is 1. The van der Waals surface area contributed by atoms with Crippen LogP contribution in [0.25, 0.3) is 0 Å². The highest BCUT2D eigenvalue weighted by Crippen LogP contribution is 2.33. The van der Waals surface area contributed by atoms with Crippen LogP contribution in [-0.2, 0) is 16.0 Å². The summed E-state index contributed by atoms with van der Waals surface area (Å²) in [4.78, 5) is 11.4. The molecule has 1 aliphatic rings. The molecule has 0 bridgehead atoms. The Bertz CT molecular complexity index is 484. The van der Waals surface area contributed by atoms with E-state index in [9.17, 15) is 9.90 Å². The summed E-state index contributed by atoms with van der Waals surface area (Å²) < 4.78 is 5.90. The van der Waals surface area contributed by atoms with Crippen molar-refractivity contribution in [2.24, 2.45) is 5.92 Å². The molecule has 110 valence electrons. The van der Waals surface area contributed by atoms with E-state index in [2.05, 4.69) is 13.8 Å². The summed E-state index contributed by atoms with van der Waals surface area (Å²) in [5.41, 5.74) is 0.839. The van der Waals surface area contributed by atoms with Gasteiger partial charge in [0.2, 0.25) is 0 Å². The molecule has 2 unspecified atom stereocenters. The van der Waals surface area contributed by atoms with Gasteiger partial charge in [-0.25, -0.2) is 0 Å². The monoisotopic (exact) mass is 296 g/mol. The molecule has 0 saturated carbocycles. The smallest absolute Gasteiger partial charge is 0.306 e. The number of hydrogen-bond donors (Lipinski definition) is 1. The number of aliphatic carboxylic acids is 1. The molecule has 1 saturated heterocycles. The van der Waals surface area contributed by atoms with Crippen LogP contribution in [0.4, 0.5) is 0 Å². The topological polar surface area (TPSA) is 46.5 Å². The third kappa shape index (κ3) is 4.22. The summed E-state index contributed by atoms with van der Waals surface area (Å²) >= 11 is 5.94. The Labute approximate surface area is 124 Å². The quantitative estimate of drug-likeness (QED) is 0.895. The number of rotatable bonds is 5. The van der Waals surface area contributed by atoms with Gasteiger partial charge in [0.1, 0.15) is 0 Å². The van der Waals surface area contributed by atoms with Crippen LogP contribution in [0.3, 0.4) is 0 Å². The summed E-state index contributed by atoms with van der Waals surface area (Å²) in [6.07, 6.45) is 3.03. The lowest BCUT2D eigenvalue weighted by molar-refractivity contribution is -0.143. The van der Waals surface area contributed by atoms with Gasteiger partial charge < -0.3 is 9.84 Å². The SMILES string of the molecule is CC1(C)CCC(CC(Cc2cccc(Cl)c2)C(=O)O)O1. The Morgan fingerprint density at radius 3 is 2.85 bits per heavy atom. The molecule has 0 spiro atoms. The van der Waals surface area contributed by atoms with Crippen molar-refractivity contribution in [3.05, 3.63) is 34.9 Å². The maximum atomic E-state index is 11.4. The highest BCUT2D eigenvalue weighted by molar-refractivity contribution is 6.30. The van der Waals surface area contributed by atoms with Gasteiger partial charge in [-0.05, 0) is 57.2 Å². The van der Waals surface area contributed by atoms with E-state index in [1.165, 1.54) is 0 Å². The molecule has 3 nitrogen and oxygen atoms in total. The number of carboxylic acids is 1. The summed E-state index contributed by atoms with van der Waals surface area (Å²) in [6, 6.07) is 7.40. The second kappa shape index (κ2) is 6.15. The van der Waals surface area contributed by atoms with E-state index < -0.39 is 11.9 Å². The fourth-order valence-electron chi connectivity index (χ4n) is 2.78. The van der Waals surface area contributed by atoms with Crippen molar-refractivity contribution >= 4 is 17.6 Å². The normalized spacial score (nSPS) is 22.6. The fourth-order valence-corrected chi connectivity index (χ4v) is 2.99. The third-order valence-corrected chi connectivity index (χ3v) is 4.06. The van der Waals surface area contributed by atoms with Crippen LogP contribution in [0.2, 0.25) is 5.02 Å². The molecule has 2 rings (SSSR count). The first-order valence-corrected chi connectivity index (χ1v) is 7.38. The number of hydrogen-bond acceptors (Lipinski definition) is 2. The van der Waals surface area contributed by atoms with Crippen LogP contribution >= 0.6 is 11.6 Å². The molecule has 0 aromatic heterocycles. The fraction of sp³-hybridized carbons (Fsp3) is 0.562. The molecular formula is C16H21ClO3. The summed E-state index contributed by atoms with van der Waals surface area (Å²) in [7, 11) is 0. The first-order chi connectivity index (χ1) is 9.35. The minimum atomic E-state index is -0.765. The Hall–Kier alpha value is -1.06. The van der Waals surface area contributed by atoms with Crippen molar-refractivity contribution in [2.75, 3.05) is 0 Å². The second-order valence-electron chi connectivity index (χ2n) is 6.14. The Kier molecular flexibility index (Phi) is 4.71. The van der Waals surface area contributed by atoms with Crippen LogP contribution in [0, 0.1) is 5.92 Å². The van der Waals surface area contributed by atoms with E-state index in [-0.39, 0.29) is 11.7 Å². The average Bonchev–Trinajstić information content (AvgIpc) is 2.68. The van der Waals surface area contributed by atoms with Gasteiger partial charge in [-0.15, -0.1) is 0 Å². The Balaban J connectivity index is 1.99. The zero-order valence-corrected chi connectivity index (χ0v) is 12.7. The van der Waals surface area contributed by atoms with Crippen molar-refractivity contribution in [1.82, 2.24) is 0 Å². The lowest BCUT2D eigenvalue weighted by atomic mass is 9.92. The van der Waals surface area contributed by atoms with Gasteiger partial charge in [0.25, 0.3) is 0 Å². The highest BCUT2D eigenvalue weighted by Gasteiger charge is 2.34. The highest BCUT2D eigenvalue weighted by atomic mass is 35.5.